The number of hydrogen-bond donors (Lipinski definition) is 2. The lowest BCUT2D eigenvalue weighted by Gasteiger charge is -2.61. The van der Waals surface area contributed by atoms with E-state index >= 15 is 0 Å². The van der Waals surface area contributed by atoms with Gasteiger partial charge in [0.1, 0.15) is 0 Å². The molecule has 5 aliphatic rings. The van der Waals surface area contributed by atoms with E-state index in [9.17, 15) is 9.59 Å². The van der Waals surface area contributed by atoms with Crippen molar-refractivity contribution in [2.45, 2.75) is 69.7 Å². The van der Waals surface area contributed by atoms with Crippen LogP contribution in [-0.2, 0) is 15.0 Å². The third-order valence-corrected chi connectivity index (χ3v) is 8.51. The highest BCUT2D eigenvalue weighted by molar-refractivity contribution is 5.84. The lowest BCUT2D eigenvalue weighted by Crippen LogP contribution is -2.60. The molecule has 4 aliphatic carbocycles. The molecule has 2 unspecified atom stereocenters. The van der Waals surface area contributed by atoms with E-state index in [0.717, 1.165) is 45.2 Å². The van der Waals surface area contributed by atoms with Gasteiger partial charge in [0, 0.05) is 19.1 Å². The zero-order chi connectivity index (χ0) is 20.9. The van der Waals surface area contributed by atoms with Crippen LogP contribution in [0.1, 0.15) is 62.5 Å². The van der Waals surface area contributed by atoms with Crippen molar-refractivity contribution in [1.82, 2.24) is 10.2 Å². The highest BCUT2D eigenvalue weighted by Gasteiger charge is 2.61. The number of nitrogens with one attached hydrogen (secondary N) is 1. The summed E-state index contributed by atoms with van der Waals surface area (Å²) in [5, 5.41) is 3.45. The molecule has 1 aliphatic heterocycles. The Morgan fingerprint density at radius 1 is 1.07 bits per heavy atom. The Balaban J connectivity index is 1.30. The molecule has 2 atom stereocenters. The SMILES string of the molecule is Cc1ccc(C23CC4CC(CC(C(=O)NC5CCN(CC(N)=O)CC5)(C4)C2)C3)cc1. The van der Waals surface area contributed by atoms with E-state index < -0.39 is 0 Å². The van der Waals surface area contributed by atoms with Crippen molar-refractivity contribution in [3.63, 3.8) is 0 Å². The zero-order valence-corrected chi connectivity index (χ0v) is 18.2. The number of nitrogens with two attached hydrogens (primary N) is 1. The van der Waals surface area contributed by atoms with Crippen LogP contribution < -0.4 is 11.1 Å². The fourth-order valence-electron chi connectivity index (χ4n) is 7.57. The second kappa shape index (κ2) is 7.37. The largest absolute Gasteiger partial charge is 0.369 e. The van der Waals surface area contributed by atoms with Crippen LogP contribution in [0, 0.1) is 24.2 Å². The third kappa shape index (κ3) is 3.55. The first-order chi connectivity index (χ1) is 14.4. The molecule has 5 nitrogen and oxygen atoms in total. The Kier molecular flexibility index (Phi) is 4.92. The molecule has 0 radical (unpaired) electrons. The minimum atomic E-state index is -0.271. The number of primary amides is 1. The average Bonchev–Trinajstić information content (AvgIpc) is 2.68. The predicted octanol–water partition coefficient (Wildman–Crippen LogP) is 2.90. The Morgan fingerprint density at radius 2 is 1.70 bits per heavy atom. The Hall–Kier alpha value is -1.88. The number of hydrogen-bond acceptors (Lipinski definition) is 3. The van der Waals surface area contributed by atoms with Crippen LogP contribution >= 0.6 is 0 Å². The molecule has 1 heterocycles. The van der Waals surface area contributed by atoms with Gasteiger partial charge in [-0.1, -0.05) is 29.8 Å². The van der Waals surface area contributed by atoms with E-state index in [0.29, 0.717) is 24.3 Å². The van der Waals surface area contributed by atoms with E-state index in [2.05, 4.69) is 41.4 Å². The maximum absolute atomic E-state index is 13.7. The summed E-state index contributed by atoms with van der Waals surface area (Å²) in [6.07, 6.45) is 8.81. The van der Waals surface area contributed by atoms with Gasteiger partial charge >= 0.3 is 0 Å². The lowest BCUT2D eigenvalue weighted by molar-refractivity contribution is -0.150. The van der Waals surface area contributed by atoms with Crippen LogP contribution in [0.4, 0.5) is 0 Å². The molecule has 5 fully saturated rings. The quantitative estimate of drug-likeness (QED) is 0.785. The Morgan fingerprint density at radius 3 is 2.30 bits per heavy atom. The van der Waals surface area contributed by atoms with Gasteiger partial charge in [-0.05, 0) is 81.1 Å². The molecule has 0 aromatic heterocycles. The van der Waals surface area contributed by atoms with Crippen molar-refractivity contribution >= 4 is 11.8 Å². The first-order valence-corrected chi connectivity index (χ1v) is 11.7. The number of aryl methyl sites for hydroxylation is 1. The molecule has 2 amide bonds. The molecule has 1 aromatic carbocycles. The van der Waals surface area contributed by atoms with Gasteiger partial charge in [0.05, 0.1) is 12.0 Å². The molecule has 1 saturated heterocycles. The van der Waals surface area contributed by atoms with Gasteiger partial charge in [-0.25, -0.2) is 0 Å². The fraction of sp³-hybridized carbons (Fsp3) is 0.680. The van der Waals surface area contributed by atoms with Crippen LogP contribution in [0.3, 0.4) is 0 Å². The average molecular weight is 410 g/mol. The second-order valence-corrected chi connectivity index (χ2v) is 10.9. The minimum absolute atomic E-state index is 0.181. The van der Waals surface area contributed by atoms with Crippen LogP contribution in [0.5, 0.6) is 0 Å². The Bertz CT molecular complexity index is 811. The summed E-state index contributed by atoms with van der Waals surface area (Å²) < 4.78 is 0. The van der Waals surface area contributed by atoms with Crippen LogP contribution in [0.15, 0.2) is 24.3 Å². The highest BCUT2D eigenvalue weighted by atomic mass is 16.2. The van der Waals surface area contributed by atoms with E-state index in [-0.39, 0.29) is 22.8 Å². The van der Waals surface area contributed by atoms with E-state index in [1.807, 2.05) is 0 Å². The number of amides is 2. The summed E-state index contributed by atoms with van der Waals surface area (Å²) in [4.78, 5) is 26.9. The molecular formula is C25H35N3O2. The molecule has 5 heteroatoms. The normalized spacial score (nSPS) is 36.0. The number of benzene rings is 1. The van der Waals surface area contributed by atoms with Crippen molar-refractivity contribution in [2.75, 3.05) is 19.6 Å². The summed E-state index contributed by atoms with van der Waals surface area (Å²) in [5.74, 6) is 1.42. The number of rotatable bonds is 5. The lowest BCUT2D eigenvalue weighted by atomic mass is 9.42. The van der Waals surface area contributed by atoms with Crippen molar-refractivity contribution in [3.8, 4) is 0 Å². The first kappa shape index (κ1) is 20.0. The van der Waals surface area contributed by atoms with Gasteiger partial charge in [-0.2, -0.15) is 0 Å². The molecule has 0 spiro atoms. The third-order valence-electron chi connectivity index (χ3n) is 8.51. The van der Waals surface area contributed by atoms with Crippen molar-refractivity contribution < 1.29 is 9.59 Å². The Labute approximate surface area is 179 Å². The summed E-state index contributed by atoms with van der Waals surface area (Å²) in [6.45, 7) is 4.14. The molecule has 1 aromatic rings. The summed E-state index contributed by atoms with van der Waals surface area (Å²) in [7, 11) is 0. The van der Waals surface area contributed by atoms with Gasteiger partial charge in [-0.3, -0.25) is 14.5 Å². The van der Waals surface area contributed by atoms with Crippen molar-refractivity contribution in [3.05, 3.63) is 35.4 Å². The second-order valence-electron chi connectivity index (χ2n) is 10.9. The summed E-state index contributed by atoms with van der Waals surface area (Å²) >= 11 is 0. The number of piperidine rings is 1. The van der Waals surface area contributed by atoms with Gasteiger partial charge in [-0.15, -0.1) is 0 Å². The zero-order valence-electron chi connectivity index (χ0n) is 18.2. The molecular weight excluding hydrogens is 374 g/mol. The maximum Gasteiger partial charge on any atom is 0.231 e. The monoisotopic (exact) mass is 409 g/mol. The molecule has 4 bridgehead atoms. The topological polar surface area (TPSA) is 75.4 Å². The van der Waals surface area contributed by atoms with Crippen molar-refractivity contribution in [1.29, 1.82) is 0 Å². The van der Waals surface area contributed by atoms with Gasteiger partial charge in [0.15, 0.2) is 0 Å². The molecule has 4 saturated carbocycles. The standard InChI is InChI=1S/C25H35N3O2/c1-17-2-4-20(5-3-17)24-11-18-10-19(12-24)14-25(13-18,16-24)23(30)27-21-6-8-28(9-7-21)15-22(26)29/h2-5,18-19,21H,6-16H2,1H3,(H2,26,29)(H,27,30). The number of carbonyl (C=O) groups is 2. The smallest absolute Gasteiger partial charge is 0.231 e. The number of likely N-dealkylation sites (tertiary alicyclic amines) is 1. The van der Waals surface area contributed by atoms with Crippen molar-refractivity contribution in [2.24, 2.45) is 23.0 Å². The molecule has 6 rings (SSSR count). The van der Waals surface area contributed by atoms with E-state index in [1.54, 1.807) is 0 Å². The van der Waals surface area contributed by atoms with Crippen LogP contribution in [0.2, 0.25) is 0 Å². The molecule has 30 heavy (non-hydrogen) atoms. The highest BCUT2D eigenvalue weighted by Crippen LogP contribution is 2.65. The van der Waals surface area contributed by atoms with Crippen LogP contribution in [0.25, 0.3) is 0 Å². The van der Waals surface area contributed by atoms with Crippen LogP contribution in [-0.4, -0.2) is 42.4 Å². The fourth-order valence-corrected chi connectivity index (χ4v) is 7.57. The number of carbonyl (C=O) groups excluding carboxylic acids is 2. The number of nitrogens with zero attached hydrogens (tertiary/aromatic N) is 1. The molecule has 162 valence electrons. The molecule has 3 N–H and O–H groups in total. The minimum Gasteiger partial charge on any atom is -0.369 e. The predicted molar refractivity (Wildman–Crippen MR) is 117 cm³/mol. The van der Waals surface area contributed by atoms with E-state index in [4.69, 9.17) is 5.73 Å². The van der Waals surface area contributed by atoms with E-state index in [1.165, 1.54) is 30.4 Å². The summed E-state index contributed by atoms with van der Waals surface area (Å²) in [5.41, 5.74) is 8.10. The maximum atomic E-state index is 13.7. The van der Waals surface area contributed by atoms with Gasteiger partial charge < -0.3 is 11.1 Å². The van der Waals surface area contributed by atoms with Gasteiger partial charge in [0.25, 0.3) is 0 Å². The first-order valence-electron chi connectivity index (χ1n) is 11.7. The van der Waals surface area contributed by atoms with Gasteiger partial charge in [0.2, 0.25) is 11.8 Å². The summed E-state index contributed by atoms with van der Waals surface area (Å²) in [6, 6.07) is 9.34.